The number of benzene rings is 1. The lowest BCUT2D eigenvalue weighted by atomic mass is 9.89. The fraction of sp³-hybridized carbons (Fsp3) is 0.500. The summed E-state index contributed by atoms with van der Waals surface area (Å²) < 4.78 is 5.42. The maximum atomic E-state index is 12.1. The van der Waals surface area contributed by atoms with Gasteiger partial charge in [0.25, 0.3) is 0 Å². The van der Waals surface area contributed by atoms with Gasteiger partial charge in [0.15, 0.2) is 0 Å². The summed E-state index contributed by atoms with van der Waals surface area (Å²) in [6, 6.07) is 9.26. The summed E-state index contributed by atoms with van der Waals surface area (Å²) in [5.41, 5.74) is 1.57. The van der Waals surface area contributed by atoms with Gasteiger partial charge in [-0.1, -0.05) is 18.6 Å². The van der Waals surface area contributed by atoms with Crippen LogP contribution in [0.5, 0.6) is 0 Å². The van der Waals surface area contributed by atoms with Crippen LogP contribution in [0.2, 0.25) is 0 Å². The molecule has 3 rings (SSSR count). The molecule has 3 heteroatoms. The first-order valence-corrected chi connectivity index (χ1v) is 6.92. The number of esters is 1. The number of nitrogens with zero attached hydrogens (tertiary/aromatic N) is 1. The predicted octanol–water partition coefficient (Wildman–Crippen LogP) is 3.04. The first-order chi connectivity index (χ1) is 9.26. The lowest BCUT2D eigenvalue weighted by Gasteiger charge is -2.19. The summed E-state index contributed by atoms with van der Waals surface area (Å²) in [6.07, 6.45) is 4.73. The molecule has 2 bridgehead atoms. The van der Waals surface area contributed by atoms with Gasteiger partial charge in [-0.2, -0.15) is 5.26 Å². The van der Waals surface area contributed by atoms with E-state index in [2.05, 4.69) is 6.07 Å². The van der Waals surface area contributed by atoms with Crippen molar-refractivity contribution >= 4 is 5.97 Å². The van der Waals surface area contributed by atoms with Crippen LogP contribution in [-0.4, -0.2) is 5.97 Å². The molecule has 3 nitrogen and oxygen atoms in total. The number of carbonyl (C=O) groups is 1. The van der Waals surface area contributed by atoms with Crippen molar-refractivity contribution < 1.29 is 9.53 Å². The van der Waals surface area contributed by atoms with Gasteiger partial charge in [-0.15, -0.1) is 0 Å². The van der Waals surface area contributed by atoms with Gasteiger partial charge in [-0.25, -0.2) is 0 Å². The number of hydrogen-bond donors (Lipinski definition) is 0. The molecule has 19 heavy (non-hydrogen) atoms. The zero-order valence-electron chi connectivity index (χ0n) is 10.8. The lowest BCUT2D eigenvalue weighted by molar-refractivity contribution is -0.151. The highest BCUT2D eigenvalue weighted by atomic mass is 16.5. The smallest absolute Gasteiger partial charge is 0.309 e. The molecule has 0 radical (unpaired) electrons. The van der Waals surface area contributed by atoms with E-state index in [0.29, 0.717) is 18.1 Å². The van der Waals surface area contributed by atoms with Crippen LogP contribution in [0, 0.1) is 29.1 Å². The van der Waals surface area contributed by atoms with Gasteiger partial charge >= 0.3 is 5.97 Å². The second-order valence-electron chi connectivity index (χ2n) is 5.70. The summed E-state index contributed by atoms with van der Waals surface area (Å²) >= 11 is 0. The Bertz CT molecular complexity index is 515. The van der Waals surface area contributed by atoms with E-state index in [-0.39, 0.29) is 11.9 Å². The topological polar surface area (TPSA) is 50.1 Å². The second kappa shape index (κ2) is 5.05. The third-order valence-corrected chi connectivity index (χ3v) is 4.50. The average molecular weight is 255 g/mol. The van der Waals surface area contributed by atoms with Gasteiger partial charge in [-0.3, -0.25) is 4.79 Å². The molecule has 2 fully saturated rings. The summed E-state index contributed by atoms with van der Waals surface area (Å²) in [7, 11) is 0. The van der Waals surface area contributed by atoms with E-state index in [1.54, 1.807) is 12.1 Å². The molecule has 2 aliphatic rings. The zero-order valence-corrected chi connectivity index (χ0v) is 10.8. The van der Waals surface area contributed by atoms with Crippen molar-refractivity contribution in [2.75, 3.05) is 0 Å². The van der Waals surface area contributed by atoms with Crippen LogP contribution in [0.3, 0.4) is 0 Å². The number of carbonyl (C=O) groups excluding carboxylic acids is 1. The Labute approximate surface area is 113 Å². The monoisotopic (exact) mass is 255 g/mol. The van der Waals surface area contributed by atoms with Gasteiger partial charge < -0.3 is 4.74 Å². The third kappa shape index (κ3) is 2.49. The van der Waals surface area contributed by atoms with Crippen LogP contribution in [0.4, 0.5) is 0 Å². The Morgan fingerprint density at radius 1 is 1.26 bits per heavy atom. The molecule has 2 aliphatic carbocycles. The number of nitriles is 1. The maximum absolute atomic E-state index is 12.1. The SMILES string of the molecule is N#Cc1ccc(COC(=O)[C@H]2C[C@H]3CC[C@H]2C3)cc1. The third-order valence-electron chi connectivity index (χ3n) is 4.50. The molecule has 2 saturated carbocycles. The van der Waals surface area contributed by atoms with Crippen LogP contribution in [-0.2, 0) is 16.1 Å². The first-order valence-electron chi connectivity index (χ1n) is 6.92. The minimum Gasteiger partial charge on any atom is -0.461 e. The van der Waals surface area contributed by atoms with E-state index >= 15 is 0 Å². The number of rotatable bonds is 3. The van der Waals surface area contributed by atoms with Crippen LogP contribution in [0.25, 0.3) is 0 Å². The van der Waals surface area contributed by atoms with Crippen LogP contribution in [0.1, 0.15) is 36.8 Å². The number of hydrogen-bond acceptors (Lipinski definition) is 3. The fourth-order valence-electron chi connectivity index (χ4n) is 3.47. The van der Waals surface area contributed by atoms with Crippen molar-refractivity contribution in [2.24, 2.45) is 17.8 Å². The van der Waals surface area contributed by atoms with Gasteiger partial charge in [0.2, 0.25) is 0 Å². The molecular weight excluding hydrogens is 238 g/mol. The average Bonchev–Trinajstić information content (AvgIpc) is 3.08. The Balaban J connectivity index is 1.54. The largest absolute Gasteiger partial charge is 0.461 e. The molecule has 0 heterocycles. The van der Waals surface area contributed by atoms with Gasteiger partial charge in [0.1, 0.15) is 6.61 Å². The molecule has 98 valence electrons. The quantitative estimate of drug-likeness (QED) is 0.780. The highest BCUT2D eigenvalue weighted by Crippen LogP contribution is 2.48. The number of fused-ring (bicyclic) bond motifs is 2. The normalized spacial score (nSPS) is 28.1. The molecular formula is C16H17NO2. The molecule has 0 unspecified atom stereocenters. The summed E-state index contributed by atoms with van der Waals surface area (Å²) in [5, 5.41) is 8.72. The minimum atomic E-state index is -0.0310. The van der Waals surface area contributed by atoms with Crippen molar-refractivity contribution in [3.8, 4) is 6.07 Å². The van der Waals surface area contributed by atoms with Crippen molar-refractivity contribution in [2.45, 2.75) is 32.3 Å². The van der Waals surface area contributed by atoms with E-state index in [9.17, 15) is 4.79 Å². The van der Waals surface area contributed by atoms with E-state index in [1.165, 1.54) is 19.3 Å². The summed E-state index contributed by atoms with van der Waals surface area (Å²) in [5.74, 6) is 1.43. The van der Waals surface area contributed by atoms with E-state index < -0.39 is 0 Å². The maximum Gasteiger partial charge on any atom is 0.309 e. The molecule has 0 aliphatic heterocycles. The van der Waals surface area contributed by atoms with Crippen molar-refractivity contribution in [1.29, 1.82) is 5.26 Å². The molecule has 0 saturated heterocycles. The van der Waals surface area contributed by atoms with Crippen molar-refractivity contribution in [3.63, 3.8) is 0 Å². The Morgan fingerprint density at radius 2 is 2.05 bits per heavy atom. The minimum absolute atomic E-state index is 0.0310. The number of ether oxygens (including phenoxy) is 1. The van der Waals surface area contributed by atoms with Gasteiger partial charge in [0.05, 0.1) is 17.6 Å². The Morgan fingerprint density at radius 3 is 2.63 bits per heavy atom. The van der Waals surface area contributed by atoms with Crippen molar-refractivity contribution in [3.05, 3.63) is 35.4 Å². The molecule has 0 spiro atoms. The fourth-order valence-corrected chi connectivity index (χ4v) is 3.47. The Hall–Kier alpha value is -1.82. The molecule has 1 aromatic carbocycles. The standard InChI is InChI=1S/C16H17NO2/c17-9-11-1-3-12(4-2-11)10-19-16(18)15-8-13-5-6-14(15)7-13/h1-4,13-15H,5-8,10H2/t13-,14-,15-/m0/s1. The lowest BCUT2D eigenvalue weighted by Crippen LogP contribution is -2.23. The second-order valence-corrected chi connectivity index (χ2v) is 5.70. The molecule has 1 aromatic rings. The zero-order chi connectivity index (χ0) is 13.2. The van der Waals surface area contributed by atoms with Gasteiger partial charge in [-0.05, 0) is 48.8 Å². The van der Waals surface area contributed by atoms with Crippen LogP contribution in [0.15, 0.2) is 24.3 Å². The highest BCUT2D eigenvalue weighted by molar-refractivity contribution is 5.73. The van der Waals surface area contributed by atoms with E-state index in [1.807, 2.05) is 12.1 Å². The summed E-state index contributed by atoms with van der Waals surface area (Å²) in [6.45, 7) is 0.318. The predicted molar refractivity (Wildman–Crippen MR) is 69.9 cm³/mol. The van der Waals surface area contributed by atoms with Gasteiger partial charge in [0, 0.05) is 0 Å². The summed E-state index contributed by atoms with van der Waals surface area (Å²) in [4.78, 5) is 12.1. The highest BCUT2D eigenvalue weighted by Gasteiger charge is 2.43. The van der Waals surface area contributed by atoms with Crippen LogP contribution < -0.4 is 0 Å². The first kappa shape index (κ1) is 12.2. The van der Waals surface area contributed by atoms with Crippen molar-refractivity contribution in [1.82, 2.24) is 0 Å². The van der Waals surface area contributed by atoms with E-state index in [4.69, 9.17) is 10.00 Å². The van der Waals surface area contributed by atoms with Crippen LogP contribution >= 0.6 is 0 Å². The Kier molecular flexibility index (Phi) is 3.25. The molecule has 0 aromatic heterocycles. The van der Waals surface area contributed by atoms with E-state index in [0.717, 1.165) is 17.9 Å². The molecule has 0 amide bonds. The molecule has 3 atom stereocenters. The molecule has 0 N–H and O–H groups in total.